The summed E-state index contributed by atoms with van der Waals surface area (Å²) in [5.41, 5.74) is 1.45. The summed E-state index contributed by atoms with van der Waals surface area (Å²) >= 11 is 4.26. The third-order valence-electron chi connectivity index (χ3n) is 4.51. The molecule has 0 saturated carbocycles. The molecule has 2 fully saturated rings. The number of thioether (sulfide) groups is 2. The Morgan fingerprint density at radius 3 is 2.64 bits per heavy atom. The van der Waals surface area contributed by atoms with E-state index in [1.54, 1.807) is 0 Å². The first-order chi connectivity index (χ1) is 10.9. The first kappa shape index (κ1) is 16.7. The topological polar surface area (TPSA) is 12.5 Å². The summed E-state index contributed by atoms with van der Waals surface area (Å²) in [4.78, 5) is 2.70. The Labute approximate surface area is 143 Å². The number of rotatable bonds is 5. The minimum Gasteiger partial charge on any atom is -0.376 e. The van der Waals surface area contributed by atoms with Crippen molar-refractivity contribution in [2.24, 2.45) is 0 Å². The molecule has 1 aromatic rings. The SMILES string of the molecule is c1ccc(CCCC2CN(C3CSCCSC3)CCO2)cc1. The fourth-order valence-corrected chi connectivity index (χ4v) is 5.87. The molecule has 0 aromatic heterocycles. The summed E-state index contributed by atoms with van der Waals surface area (Å²) in [6.45, 7) is 3.18. The molecule has 2 aliphatic rings. The molecule has 1 aromatic carbocycles. The van der Waals surface area contributed by atoms with E-state index in [4.69, 9.17) is 4.74 Å². The summed E-state index contributed by atoms with van der Waals surface area (Å²) in [6.07, 6.45) is 4.04. The van der Waals surface area contributed by atoms with Crippen molar-refractivity contribution in [3.8, 4) is 0 Å². The molecule has 3 rings (SSSR count). The Morgan fingerprint density at radius 2 is 1.86 bits per heavy atom. The molecule has 0 aliphatic carbocycles. The molecule has 4 heteroatoms. The number of hydrogen-bond donors (Lipinski definition) is 0. The van der Waals surface area contributed by atoms with Crippen LogP contribution in [0.1, 0.15) is 18.4 Å². The van der Waals surface area contributed by atoms with Gasteiger partial charge in [-0.3, -0.25) is 4.90 Å². The van der Waals surface area contributed by atoms with Gasteiger partial charge in [0.05, 0.1) is 12.7 Å². The monoisotopic (exact) mass is 337 g/mol. The second-order valence-corrected chi connectivity index (χ2v) is 8.47. The van der Waals surface area contributed by atoms with Crippen LogP contribution < -0.4 is 0 Å². The average molecular weight is 338 g/mol. The minimum absolute atomic E-state index is 0.440. The lowest BCUT2D eigenvalue weighted by molar-refractivity contribution is -0.0413. The van der Waals surface area contributed by atoms with E-state index in [0.29, 0.717) is 6.10 Å². The van der Waals surface area contributed by atoms with Gasteiger partial charge in [-0.1, -0.05) is 30.3 Å². The number of benzene rings is 1. The maximum absolute atomic E-state index is 6.01. The predicted molar refractivity (Wildman–Crippen MR) is 99.1 cm³/mol. The van der Waals surface area contributed by atoms with E-state index in [2.05, 4.69) is 58.8 Å². The van der Waals surface area contributed by atoms with Crippen LogP contribution in [0.5, 0.6) is 0 Å². The molecule has 2 heterocycles. The highest BCUT2D eigenvalue weighted by Crippen LogP contribution is 2.23. The number of nitrogens with zero attached hydrogens (tertiary/aromatic N) is 1. The van der Waals surface area contributed by atoms with Gasteiger partial charge in [-0.2, -0.15) is 23.5 Å². The van der Waals surface area contributed by atoms with Gasteiger partial charge < -0.3 is 4.74 Å². The third kappa shape index (κ3) is 5.19. The first-order valence-electron chi connectivity index (χ1n) is 8.47. The Bertz CT molecular complexity index is 420. The lowest BCUT2D eigenvalue weighted by Gasteiger charge is -2.37. The molecule has 2 aliphatic heterocycles. The van der Waals surface area contributed by atoms with Gasteiger partial charge in [0.2, 0.25) is 0 Å². The number of hydrogen-bond acceptors (Lipinski definition) is 4. The summed E-state index contributed by atoms with van der Waals surface area (Å²) in [7, 11) is 0. The van der Waals surface area contributed by atoms with Crippen molar-refractivity contribution in [2.75, 3.05) is 42.7 Å². The van der Waals surface area contributed by atoms with Crippen LogP contribution >= 0.6 is 23.5 Å². The van der Waals surface area contributed by atoms with Gasteiger partial charge in [-0.05, 0) is 24.8 Å². The normalized spacial score (nSPS) is 25.0. The van der Waals surface area contributed by atoms with Crippen molar-refractivity contribution < 1.29 is 4.74 Å². The van der Waals surface area contributed by atoms with Crippen molar-refractivity contribution in [1.82, 2.24) is 4.90 Å². The second kappa shape index (κ2) is 9.21. The molecule has 2 saturated heterocycles. The summed E-state index contributed by atoms with van der Waals surface area (Å²) in [5, 5.41) is 0. The van der Waals surface area contributed by atoms with Crippen LogP contribution in [0.4, 0.5) is 0 Å². The molecular weight excluding hydrogens is 310 g/mol. The third-order valence-corrected chi connectivity index (χ3v) is 7.00. The number of morpholine rings is 1. The van der Waals surface area contributed by atoms with Crippen LogP contribution in [0.2, 0.25) is 0 Å². The van der Waals surface area contributed by atoms with E-state index in [1.807, 2.05) is 0 Å². The van der Waals surface area contributed by atoms with E-state index in [9.17, 15) is 0 Å². The Hall–Kier alpha value is -0.160. The lowest BCUT2D eigenvalue weighted by Crippen LogP contribution is -2.49. The van der Waals surface area contributed by atoms with Crippen LogP contribution in [0.15, 0.2) is 30.3 Å². The Morgan fingerprint density at radius 1 is 1.09 bits per heavy atom. The highest BCUT2D eigenvalue weighted by Gasteiger charge is 2.27. The molecule has 0 N–H and O–H groups in total. The van der Waals surface area contributed by atoms with E-state index >= 15 is 0 Å². The van der Waals surface area contributed by atoms with E-state index in [-0.39, 0.29) is 0 Å². The minimum atomic E-state index is 0.440. The van der Waals surface area contributed by atoms with Crippen molar-refractivity contribution in [3.63, 3.8) is 0 Å². The fraction of sp³-hybridized carbons (Fsp3) is 0.667. The van der Waals surface area contributed by atoms with Gasteiger partial charge in [-0.25, -0.2) is 0 Å². The quantitative estimate of drug-likeness (QED) is 0.814. The van der Waals surface area contributed by atoms with Crippen molar-refractivity contribution >= 4 is 23.5 Å². The molecule has 22 heavy (non-hydrogen) atoms. The van der Waals surface area contributed by atoms with Crippen molar-refractivity contribution in [1.29, 1.82) is 0 Å². The molecule has 2 nitrogen and oxygen atoms in total. The summed E-state index contributed by atoms with van der Waals surface area (Å²) in [5.74, 6) is 5.27. The Balaban J connectivity index is 1.42. The maximum Gasteiger partial charge on any atom is 0.0702 e. The predicted octanol–water partition coefficient (Wildman–Crippen LogP) is 3.56. The first-order valence-corrected chi connectivity index (χ1v) is 10.8. The number of aryl methyl sites for hydroxylation is 1. The average Bonchev–Trinajstić information content (AvgIpc) is 2.85. The maximum atomic E-state index is 6.01. The van der Waals surface area contributed by atoms with Crippen LogP contribution in [0.3, 0.4) is 0 Å². The molecular formula is C18H27NOS2. The van der Waals surface area contributed by atoms with Crippen LogP contribution in [-0.4, -0.2) is 59.8 Å². The van der Waals surface area contributed by atoms with Gasteiger partial charge in [0.15, 0.2) is 0 Å². The highest BCUT2D eigenvalue weighted by molar-refractivity contribution is 8.03. The number of ether oxygens (including phenoxy) is 1. The summed E-state index contributed by atoms with van der Waals surface area (Å²) < 4.78 is 6.01. The lowest BCUT2D eigenvalue weighted by atomic mass is 10.0. The zero-order valence-electron chi connectivity index (χ0n) is 13.3. The van der Waals surface area contributed by atoms with E-state index in [0.717, 1.165) is 25.7 Å². The van der Waals surface area contributed by atoms with Crippen LogP contribution in [0, 0.1) is 0 Å². The van der Waals surface area contributed by atoms with Crippen molar-refractivity contribution in [3.05, 3.63) is 35.9 Å². The van der Waals surface area contributed by atoms with Gasteiger partial charge in [0.25, 0.3) is 0 Å². The van der Waals surface area contributed by atoms with Gasteiger partial charge in [0, 0.05) is 42.1 Å². The van der Waals surface area contributed by atoms with Gasteiger partial charge in [0.1, 0.15) is 0 Å². The van der Waals surface area contributed by atoms with Crippen molar-refractivity contribution in [2.45, 2.75) is 31.4 Å². The van der Waals surface area contributed by atoms with Crippen LogP contribution in [-0.2, 0) is 11.2 Å². The van der Waals surface area contributed by atoms with E-state index < -0.39 is 0 Å². The molecule has 0 spiro atoms. The van der Waals surface area contributed by atoms with Gasteiger partial charge in [-0.15, -0.1) is 0 Å². The zero-order chi connectivity index (χ0) is 15.0. The molecule has 122 valence electrons. The van der Waals surface area contributed by atoms with Crippen LogP contribution in [0.25, 0.3) is 0 Å². The fourth-order valence-electron chi connectivity index (χ4n) is 3.24. The molecule has 1 atom stereocenters. The second-order valence-electron chi connectivity index (χ2n) is 6.17. The smallest absolute Gasteiger partial charge is 0.0702 e. The zero-order valence-corrected chi connectivity index (χ0v) is 14.9. The largest absolute Gasteiger partial charge is 0.376 e. The van der Waals surface area contributed by atoms with E-state index in [1.165, 1.54) is 47.8 Å². The molecule has 0 amide bonds. The molecule has 0 bridgehead atoms. The molecule has 0 radical (unpaired) electrons. The molecule has 1 unspecified atom stereocenters. The highest BCUT2D eigenvalue weighted by atomic mass is 32.2. The Kier molecular flexibility index (Phi) is 6.99. The standard InChI is InChI=1S/C18H27NOS2/c1-2-5-16(6-3-1)7-4-8-18-13-19(9-10-20-18)17-14-21-11-12-22-15-17/h1-3,5-6,17-18H,4,7-15H2. The summed E-state index contributed by atoms with van der Waals surface area (Å²) in [6, 6.07) is 11.6. The van der Waals surface area contributed by atoms with Gasteiger partial charge >= 0.3 is 0 Å².